The first-order chi connectivity index (χ1) is 9.58. The van der Waals surface area contributed by atoms with Crippen LogP contribution in [0.1, 0.15) is 30.0 Å². The molecule has 2 aromatic rings. The van der Waals surface area contributed by atoms with Gasteiger partial charge >= 0.3 is 5.69 Å². The Morgan fingerprint density at radius 2 is 2.20 bits per heavy atom. The molecule has 2 aromatic heterocycles. The normalized spacial score (nSPS) is 10.8. The average Bonchev–Trinajstić information content (AvgIpc) is 2.99. The third-order valence-corrected chi connectivity index (χ3v) is 4.21. The van der Waals surface area contributed by atoms with Gasteiger partial charge in [0.2, 0.25) is 5.82 Å². The number of nitrogens with zero attached hydrogens (tertiary/aromatic N) is 3. The molecule has 0 bridgehead atoms. The highest BCUT2D eigenvalue weighted by molar-refractivity contribution is 7.10. The molecule has 108 valence electrons. The summed E-state index contributed by atoms with van der Waals surface area (Å²) in [6, 6.07) is 2.09. The number of hydrogen-bond acceptors (Lipinski definition) is 5. The fourth-order valence-electron chi connectivity index (χ4n) is 2.20. The highest BCUT2D eigenvalue weighted by atomic mass is 32.1. The summed E-state index contributed by atoms with van der Waals surface area (Å²) in [6.45, 7) is 4.56. The number of aromatic nitrogens is 2. The van der Waals surface area contributed by atoms with Gasteiger partial charge in [-0.1, -0.05) is 13.8 Å². The monoisotopic (exact) mass is 294 g/mol. The number of nitrogens with one attached hydrogen (secondary N) is 1. The van der Waals surface area contributed by atoms with E-state index in [1.165, 1.54) is 10.4 Å². The van der Waals surface area contributed by atoms with E-state index in [0.29, 0.717) is 24.5 Å². The van der Waals surface area contributed by atoms with Crippen LogP contribution >= 0.6 is 11.3 Å². The Kier molecular flexibility index (Phi) is 4.39. The molecule has 0 atom stereocenters. The van der Waals surface area contributed by atoms with Crippen LogP contribution in [-0.4, -0.2) is 14.7 Å². The summed E-state index contributed by atoms with van der Waals surface area (Å²) in [5.74, 6) is 0.474. The lowest BCUT2D eigenvalue weighted by atomic mass is 10.2. The minimum atomic E-state index is -0.358. The zero-order valence-electron chi connectivity index (χ0n) is 11.8. The quantitative estimate of drug-likeness (QED) is 0.656. The van der Waals surface area contributed by atoms with Gasteiger partial charge in [0.05, 0.1) is 11.5 Å². The molecule has 20 heavy (non-hydrogen) atoms. The van der Waals surface area contributed by atoms with Crippen LogP contribution in [0.25, 0.3) is 0 Å². The zero-order valence-corrected chi connectivity index (χ0v) is 12.7. The molecule has 2 rings (SSSR count). The molecule has 7 heteroatoms. The van der Waals surface area contributed by atoms with E-state index in [2.05, 4.69) is 23.4 Å². The minimum Gasteiger partial charge on any atom is -0.360 e. The van der Waals surface area contributed by atoms with Crippen molar-refractivity contribution in [3.63, 3.8) is 0 Å². The van der Waals surface area contributed by atoms with E-state index >= 15 is 0 Å². The Morgan fingerprint density at radius 3 is 2.80 bits per heavy atom. The van der Waals surface area contributed by atoms with Crippen molar-refractivity contribution in [3.05, 3.63) is 37.7 Å². The first-order valence-electron chi connectivity index (χ1n) is 6.57. The largest absolute Gasteiger partial charge is 0.360 e. The summed E-state index contributed by atoms with van der Waals surface area (Å²) >= 11 is 1.66. The van der Waals surface area contributed by atoms with Crippen molar-refractivity contribution in [2.75, 3.05) is 5.32 Å². The molecule has 0 fully saturated rings. The van der Waals surface area contributed by atoms with Crippen molar-refractivity contribution in [1.82, 2.24) is 9.78 Å². The van der Waals surface area contributed by atoms with Gasteiger partial charge in [-0.2, -0.15) is 5.10 Å². The van der Waals surface area contributed by atoms with Crippen LogP contribution in [0.15, 0.2) is 11.4 Å². The first kappa shape index (κ1) is 14.5. The zero-order chi connectivity index (χ0) is 14.7. The Labute approximate surface area is 121 Å². The van der Waals surface area contributed by atoms with Gasteiger partial charge in [-0.25, -0.2) is 4.68 Å². The van der Waals surface area contributed by atoms with E-state index in [4.69, 9.17) is 0 Å². The predicted molar refractivity (Wildman–Crippen MR) is 80.3 cm³/mol. The van der Waals surface area contributed by atoms with Gasteiger partial charge in [0.25, 0.3) is 0 Å². The fourth-order valence-corrected chi connectivity index (χ4v) is 3.11. The Balaban J connectivity index is 2.25. The molecule has 0 aliphatic heterocycles. The van der Waals surface area contributed by atoms with Crippen LogP contribution in [0.5, 0.6) is 0 Å². The van der Waals surface area contributed by atoms with Gasteiger partial charge in [-0.05, 0) is 29.9 Å². The summed E-state index contributed by atoms with van der Waals surface area (Å²) in [5.41, 5.74) is 1.88. The SMILES string of the molecule is CCc1ccsc1CNc1c([N+](=O)[O-])c(CC)nn1C. The van der Waals surface area contributed by atoms with E-state index in [1.807, 2.05) is 12.3 Å². The summed E-state index contributed by atoms with van der Waals surface area (Å²) in [7, 11) is 1.73. The van der Waals surface area contributed by atoms with Crippen LogP contribution in [0.4, 0.5) is 11.5 Å². The maximum absolute atomic E-state index is 11.2. The van der Waals surface area contributed by atoms with Gasteiger partial charge in [-0.15, -0.1) is 11.3 Å². The Bertz CT molecular complexity index is 618. The fraction of sp³-hybridized carbons (Fsp3) is 0.462. The molecule has 0 amide bonds. The van der Waals surface area contributed by atoms with Gasteiger partial charge in [0.15, 0.2) is 0 Å². The van der Waals surface area contributed by atoms with Crippen LogP contribution in [0.2, 0.25) is 0 Å². The number of thiophene rings is 1. The van der Waals surface area contributed by atoms with Gasteiger partial charge in [0, 0.05) is 11.9 Å². The van der Waals surface area contributed by atoms with Crippen molar-refractivity contribution < 1.29 is 4.92 Å². The summed E-state index contributed by atoms with van der Waals surface area (Å²) in [6.07, 6.45) is 1.51. The van der Waals surface area contributed by atoms with E-state index in [0.717, 1.165) is 6.42 Å². The van der Waals surface area contributed by atoms with Crippen molar-refractivity contribution >= 4 is 22.8 Å². The number of rotatable bonds is 6. The molecule has 2 heterocycles. The van der Waals surface area contributed by atoms with E-state index in [-0.39, 0.29) is 10.6 Å². The number of anilines is 1. The third kappa shape index (κ3) is 2.67. The molecule has 0 unspecified atom stereocenters. The first-order valence-corrected chi connectivity index (χ1v) is 7.45. The van der Waals surface area contributed by atoms with Gasteiger partial charge in [-0.3, -0.25) is 10.1 Å². The molecular weight excluding hydrogens is 276 g/mol. The minimum absolute atomic E-state index is 0.0876. The van der Waals surface area contributed by atoms with Crippen LogP contribution in [0, 0.1) is 10.1 Å². The van der Waals surface area contributed by atoms with Crippen LogP contribution in [-0.2, 0) is 26.4 Å². The van der Waals surface area contributed by atoms with Crippen molar-refractivity contribution in [2.24, 2.45) is 7.05 Å². The van der Waals surface area contributed by atoms with Crippen molar-refractivity contribution in [1.29, 1.82) is 0 Å². The van der Waals surface area contributed by atoms with E-state index < -0.39 is 0 Å². The molecule has 1 N–H and O–H groups in total. The Hall–Kier alpha value is -1.89. The number of nitro groups is 1. The predicted octanol–water partition coefficient (Wildman–Crippen LogP) is 3.13. The molecular formula is C13H18N4O2S. The second-order valence-electron chi connectivity index (χ2n) is 4.45. The van der Waals surface area contributed by atoms with Crippen LogP contribution < -0.4 is 5.32 Å². The molecule has 0 saturated heterocycles. The van der Waals surface area contributed by atoms with Gasteiger partial charge < -0.3 is 5.32 Å². The second-order valence-corrected chi connectivity index (χ2v) is 5.45. The lowest BCUT2D eigenvalue weighted by molar-refractivity contribution is -0.384. The standard InChI is InChI=1S/C13H18N4O2S/c1-4-9-6-7-20-11(9)8-14-13-12(17(18)19)10(5-2)15-16(13)3/h6-7,14H,4-5,8H2,1-3H3. The van der Waals surface area contributed by atoms with E-state index in [9.17, 15) is 10.1 Å². The molecule has 0 spiro atoms. The van der Waals surface area contributed by atoms with Gasteiger partial charge in [0.1, 0.15) is 5.69 Å². The molecule has 0 aliphatic rings. The summed E-state index contributed by atoms with van der Waals surface area (Å²) in [4.78, 5) is 12.1. The molecule has 0 aromatic carbocycles. The highest BCUT2D eigenvalue weighted by Gasteiger charge is 2.25. The van der Waals surface area contributed by atoms with Crippen molar-refractivity contribution in [2.45, 2.75) is 33.2 Å². The lowest BCUT2D eigenvalue weighted by Gasteiger charge is -2.06. The molecule has 0 saturated carbocycles. The number of hydrogen-bond donors (Lipinski definition) is 1. The maximum atomic E-state index is 11.2. The molecule has 6 nitrogen and oxygen atoms in total. The smallest absolute Gasteiger partial charge is 0.333 e. The number of aryl methyl sites for hydroxylation is 3. The summed E-state index contributed by atoms with van der Waals surface area (Å²) < 4.78 is 1.55. The topological polar surface area (TPSA) is 73.0 Å². The second kappa shape index (κ2) is 6.04. The molecule has 0 aliphatic carbocycles. The average molecular weight is 294 g/mol. The van der Waals surface area contributed by atoms with E-state index in [1.54, 1.807) is 23.1 Å². The maximum Gasteiger partial charge on any atom is 0.333 e. The van der Waals surface area contributed by atoms with Crippen LogP contribution in [0.3, 0.4) is 0 Å². The van der Waals surface area contributed by atoms with Crippen molar-refractivity contribution in [3.8, 4) is 0 Å². The Morgan fingerprint density at radius 1 is 1.45 bits per heavy atom. The molecule has 0 radical (unpaired) electrons. The lowest BCUT2D eigenvalue weighted by Crippen LogP contribution is -2.06. The third-order valence-electron chi connectivity index (χ3n) is 3.24. The summed E-state index contributed by atoms with van der Waals surface area (Å²) in [5, 5.41) is 20.6. The highest BCUT2D eigenvalue weighted by Crippen LogP contribution is 2.29.